The Kier molecular flexibility index (Phi) is 5.14. The van der Waals surface area contributed by atoms with Crippen LogP contribution in [0.3, 0.4) is 0 Å². The van der Waals surface area contributed by atoms with Crippen LogP contribution in [0.25, 0.3) is 0 Å². The minimum absolute atomic E-state index is 0.0371. The van der Waals surface area contributed by atoms with Crippen molar-refractivity contribution in [2.24, 2.45) is 5.41 Å². The standard InChI is InChI=1S/C20H29N3O3/c1-2-4-17-16(13-21-22-17)19(24)23-9-3-8-20(14-26-12-7-18(20)23)15-5-10-25-11-6-15/h5,13,18H,2-4,6-12,14H2,1H3,(H,21,22)/t18?,20-/m0/s1. The molecule has 142 valence electrons. The van der Waals surface area contributed by atoms with Gasteiger partial charge in [-0.15, -0.1) is 0 Å². The summed E-state index contributed by atoms with van der Waals surface area (Å²) in [6, 6.07) is 0.214. The lowest BCUT2D eigenvalue weighted by Crippen LogP contribution is -2.59. The molecule has 2 saturated heterocycles. The van der Waals surface area contributed by atoms with Gasteiger partial charge in [-0.3, -0.25) is 9.89 Å². The normalized spacial score (nSPS) is 29.2. The van der Waals surface area contributed by atoms with Crippen molar-refractivity contribution in [2.45, 2.75) is 51.5 Å². The number of H-pyrrole nitrogens is 1. The second-order valence-electron chi connectivity index (χ2n) is 7.68. The maximum absolute atomic E-state index is 13.4. The van der Waals surface area contributed by atoms with Gasteiger partial charge in [0, 0.05) is 30.3 Å². The van der Waals surface area contributed by atoms with Gasteiger partial charge in [-0.2, -0.15) is 5.10 Å². The number of hydrogen-bond donors (Lipinski definition) is 1. The van der Waals surface area contributed by atoms with Crippen LogP contribution in [0.15, 0.2) is 17.8 Å². The molecule has 3 aliphatic rings. The monoisotopic (exact) mass is 359 g/mol. The lowest BCUT2D eigenvalue weighted by atomic mass is 9.65. The van der Waals surface area contributed by atoms with E-state index in [1.165, 1.54) is 5.57 Å². The van der Waals surface area contributed by atoms with Gasteiger partial charge in [0.05, 0.1) is 31.6 Å². The van der Waals surface area contributed by atoms with Crippen molar-refractivity contribution in [3.8, 4) is 0 Å². The molecule has 0 spiro atoms. The van der Waals surface area contributed by atoms with Crippen LogP contribution in [0.4, 0.5) is 0 Å². The highest BCUT2D eigenvalue weighted by Gasteiger charge is 2.50. The molecule has 0 bridgehead atoms. The molecule has 0 radical (unpaired) electrons. The Balaban J connectivity index is 1.65. The van der Waals surface area contributed by atoms with Crippen LogP contribution in [-0.4, -0.2) is 60.0 Å². The van der Waals surface area contributed by atoms with Crippen molar-refractivity contribution in [3.05, 3.63) is 29.1 Å². The topological polar surface area (TPSA) is 67.5 Å². The number of carbonyl (C=O) groups excluding carboxylic acids is 1. The maximum atomic E-state index is 13.4. The first-order chi connectivity index (χ1) is 12.8. The summed E-state index contributed by atoms with van der Waals surface area (Å²) in [6.07, 6.45) is 9.77. The van der Waals surface area contributed by atoms with Crippen LogP contribution < -0.4 is 0 Å². The van der Waals surface area contributed by atoms with Gasteiger partial charge in [0.15, 0.2) is 0 Å². The van der Waals surface area contributed by atoms with Crippen LogP contribution in [0, 0.1) is 5.41 Å². The van der Waals surface area contributed by atoms with E-state index in [4.69, 9.17) is 9.47 Å². The Labute approximate surface area is 154 Å². The van der Waals surface area contributed by atoms with Crippen molar-refractivity contribution >= 4 is 5.91 Å². The highest BCUT2D eigenvalue weighted by atomic mass is 16.5. The number of amides is 1. The van der Waals surface area contributed by atoms with Crippen LogP contribution in [0.2, 0.25) is 0 Å². The Hall–Kier alpha value is -1.66. The largest absolute Gasteiger partial charge is 0.380 e. The van der Waals surface area contributed by atoms with Gasteiger partial charge in [-0.25, -0.2) is 0 Å². The van der Waals surface area contributed by atoms with E-state index >= 15 is 0 Å². The molecule has 6 nitrogen and oxygen atoms in total. The number of carbonyl (C=O) groups is 1. The minimum Gasteiger partial charge on any atom is -0.380 e. The molecule has 1 aromatic heterocycles. The quantitative estimate of drug-likeness (QED) is 0.840. The van der Waals surface area contributed by atoms with Gasteiger partial charge >= 0.3 is 0 Å². The van der Waals surface area contributed by atoms with E-state index in [0.717, 1.165) is 76.1 Å². The average Bonchev–Trinajstić information content (AvgIpc) is 3.16. The van der Waals surface area contributed by atoms with E-state index in [9.17, 15) is 4.79 Å². The molecule has 0 saturated carbocycles. The van der Waals surface area contributed by atoms with Gasteiger partial charge in [0.1, 0.15) is 0 Å². The lowest BCUT2D eigenvalue weighted by Gasteiger charge is -2.54. The number of likely N-dealkylation sites (tertiary alicyclic amines) is 1. The van der Waals surface area contributed by atoms with E-state index in [0.29, 0.717) is 6.61 Å². The number of piperidine rings is 1. The number of aromatic nitrogens is 2. The van der Waals surface area contributed by atoms with E-state index in [1.807, 2.05) is 0 Å². The van der Waals surface area contributed by atoms with Gasteiger partial charge < -0.3 is 14.4 Å². The van der Waals surface area contributed by atoms with Crippen molar-refractivity contribution in [1.29, 1.82) is 0 Å². The third-order valence-electron chi connectivity index (χ3n) is 6.24. The molecule has 1 N–H and O–H groups in total. The van der Waals surface area contributed by atoms with E-state index in [-0.39, 0.29) is 17.4 Å². The third kappa shape index (κ3) is 2.99. The molecule has 4 rings (SSSR count). The third-order valence-corrected chi connectivity index (χ3v) is 6.24. The first-order valence-electron chi connectivity index (χ1n) is 9.94. The van der Waals surface area contributed by atoms with E-state index in [1.54, 1.807) is 6.20 Å². The number of nitrogens with one attached hydrogen (secondary N) is 1. The fourth-order valence-electron chi connectivity index (χ4n) is 5.02. The van der Waals surface area contributed by atoms with Crippen molar-refractivity contribution in [2.75, 3.05) is 33.0 Å². The predicted octanol–water partition coefficient (Wildman–Crippen LogP) is 2.72. The highest BCUT2D eigenvalue weighted by molar-refractivity contribution is 5.95. The van der Waals surface area contributed by atoms with Crippen LogP contribution in [0.1, 0.15) is 55.1 Å². The zero-order valence-corrected chi connectivity index (χ0v) is 15.6. The number of aryl methyl sites for hydroxylation is 1. The Morgan fingerprint density at radius 3 is 3.15 bits per heavy atom. The molecule has 0 aliphatic carbocycles. The predicted molar refractivity (Wildman–Crippen MR) is 98.0 cm³/mol. The minimum atomic E-state index is -0.0371. The highest BCUT2D eigenvalue weighted by Crippen LogP contribution is 2.48. The first-order valence-corrected chi connectivity index (χ1v) is 9.94. The Morgan fingerprint density at radius 2 is 2.35 bits per heavy atom. The number of nitrogens with zero attached hydrogens (tertiary/aromatic N) is 2. The molecule has 2 atom stereocenters. The Bertz CT molecular complexity index is 680. The summed E-state index contributed by atoms with van der Waals surface area (Å²) in [5.41, 5.74) is 3.11. The fraction of sp³-hybridized carbons (Fsp3) is 0.700. The SMILES string of the molecule is CCCc1[nH]ncc1C(=O)N1CCC[C@@]2(C3=CCOCC3)COCCC12. The summed E-state index contributed by atoms with van der Waals surface area (Å²) in [6.45, 7) is 5.85. The van der Waals surface area contributed by atoms with Crippen molar-refractivity contribution in [3.63, 3.8) is 0 Å². The molecule has 2 fully saturated rings. The summed E-state index contributed by atoms with van der Waals surface area (Å²) in [5, 5.41) is 7.16. The summed E-state index contributed by atoms with van der Waals surface area (Å²) >= 11 is 0. The average molecular weight is 359 g/mol. The molecule has 3 aliphatic heterocycles. The molecular weight excluding hydrogens is 330 g/mol. The second kappa shape index (κ2) is 7.53. The van der Waals surface area contributed by atoms with Crippen LogP contribution in [0.5, 0.6) is 0 Å². The Morgan fingerprint density at radius 1 is 1.42 bits per heavy atom. The van der Waals surface area contributed by atoms with Gasteiger partial charge in [0.2, 0.25) is 0 Å². The van der Waals surface area contributed by atoms with Crippen LogP contribution in [-0.2, 0) is 15.9 Å². The molecule has 1 amide bonds. The van der Waals surface area contributed by atoms with E-state index in [2.05, 4.69) is 28.1 Å². The van der Waals surface area contributed by atoms with Crippen LogP contribution >= 0.6 is 0 Å². The molecule has 1 unspecified atom stereocenters. The molecule has 0 aromatic carbocycles. The number of rotatable bonds is 4. The van der Waals surface area contributed by atoms with Gasteiger partial charge in [-0.1, -0.05) is 25.0 Å². The second-order valence-corrected chi connectivity index (χ2v) is 7.68. The molecular formula is C20H29N3O3. The van der Waals surface area contributed by atoms with Crippen molar-refractivity contribution < 1.29 is 14.3 Å². The van der Waals surface area contributed by atoms with Gasteiger partial charge in [-0.05, 0) is 32.1 Å². The summed E-state index contributed by atoms with van der Waals surface area (Å²) in [5.74, 6) is 0.130. The first kappa shape index (κ1) is 17.7. The number of ether oxygens (including phenoxy) is 2. The van der Waals surface area contributed by atoms with E-state index < -0.39 is 0 Å². The molecule has 6 heteroatoms. The zero-order chi connectivity index (χ0) is 18.0. The zero-order valence-electron chi connectivity index (χ0n) is 15.6. The summed E-state index contributed by atoms with van der Waals surface area (Å²) < 4.78 is 11.5. The summed E-state index contributed by atoms with van der Waals surface area (Å²) in [7, 11) is 0. The maximum Gasteiger partial charge on any atom is 0.257 e. The number of hydrogen-bond acceptors (Lipinski definition) is 4. The number of aromatic amines is 1. The summed E-state index contributed by atoms with van der Waals surface area (Å²) in [4.78, 5) is 15.5. The molecule has 1 aromatic rings. The van der Waals surface area contributed by atoms with Crippen molar-refractivity contribution in [1.82, 2.24) is 15.1 Å². The number of fused-ring (bicyclic) bond motifs is 1. The fourth-order valence-corrected chi connectivity index (χ4v) is 5.02. The smallest absolute Gasteiger partial charge is 0.257 e. The molecule has 26 heavy (non-hydrogen) atoms. The lowest BCUT2D eigenvalue weighted by molar-refractivity contribution is -0.0739. The van der Waals surface area contributed by atoms with Gasteiger partial charge in [0.25, 0.3) is 5.91 Å². The molecule has 4 heterocycles.